The first-order valence-corrected chi connectivity index (χ1v) is 12.3. The predicted octanol–water partition coefficient (Wildman–Crippen LogP) is 4.08. The van der Waals surface area contributed by atoms with E-state index >= 15 is 0 Å². The quantitative estimate of drug-likeness (QED) is 0.603. The number of benzene rings is 2. The van der Waals surface area contributed by atoms with Gasteiger partial charge in [-0.15, -0.1) is 0 Å². The average molecular weight is 440 g/mol. The number of fused-ring (bicyclic) bond motifs is 1. The van der Waals surface area contributed by atoms with E-state index in [4.69, 9.17) is 0 Å². The zero-order valence-electron chi connectivity index (χ0n) is 17.8. The minimum atomic E-state index is -3.45. The first-order valence-electron chi connectivity index (χ1n) is 10.9. The van der Waals surface area contributed by atoms with Gasteiger partial charge in [-0.05, 0) is 49.6 Å². The van der Waals surface area contributed by atoms with Crippen LogP contribution in [-0.2, 0) is 21.4 Å². The molecule has 1 atom stereocenters. The van der Waals surface area contributed by atoms with E-state index in [9.17, 15) is 13.2 Å². The molecule has 1 fully saturated rings. The summed E-state index contributed by atoms with van der Waals surface area (Å²) in [6, 6.07) is 17.0. The first-order chi connectivity index (χ1) is 14.9. The fourth-order valence-electron chi connectivity index (χ4n) is 4.15. The summed E-state index contributed by atoms with van der Waals surface area (Å²) in [4.78, 5) is 12.8. The normalized spacial score (nSPS) is 16.3. The average Bonchev–Trinajstić information content (AvgIpc) is 3.21. The first kappa shape index (κ1) is 21.6. The summed E-state index contributed by atoms with van der Waals surface area (Å²) >= 11 is 0. The molecular formula is C24H29N3O3S. The molecule has 0 aliphatic carbocycles. The van der Waals surface area contributed by atoms with Gasteiger partial charge in [0.2, 0.25) is 15.9 Å². The molecule has 0 unspecified atom stereocenters. The van der Waals surface area contributed by atoms with Gasteiger partial charge in [0.1, 0.15) is 0 Å². The maximum atomic E-state index is 12.9. The van der Waals surface area contributed by atoms with Gasteiger partial charge in [0, 0.05) is 43.2 Å². The molecule has 2 heterocycles. The monoisotopic (exact) mass is 439 g/mol. The van der Waals surface area contributed by atoms with Crippen molar-refractivity contribution in [2.75, 3.05) is 13.1 Å². The van der Waals surface area contributed by atoms with Crippen molar-refractivity contribution in [3.05, 3.63) is 66.4 Å². The topological polar surface area (TPSA) is 71.4 Å². The Kier molecular flexibility index (Phi) is 6.43. The second-order valence-corrected chi connectivity index (χ2v) is 10.1. The molecule has 1 aromatic heterocycles. The van der Waals surface area contributed by atoms with Crippen LogP contribution in [0.3, 0.4) is 0 Å². The Balaban J connectivity index is 1.42. The molecule has 0 spiro atoms. The lowest BCUT2D eigenvalue weighted by atomic mass is 10.1. The highest BCUT2D eigenvalue weighted by atomic mass is 32.2. The summed E-state index contributed by atoms with van der Waals surface area (Å²) in [7, 11) is -3.45. The Morgan fingerprint density at radius 1 is 1.03 bits per heavy atom. The number of aryl methyl sites for hydroxylation is 1. The van der Waals surface area contributed by atoms with Gasteiger partial charge in [0.05, 0.1) is 10.9 Å². The summed E-state index contributed by atoms with van der Waals surface area (Å²) in [5, 5.41) is 3.91. The van der Waals surface area contributed by atoms with E-state index in [1.807, 2.05) is 60.2 Å². The molecule has 4 rings (SSSR count). The molecule has 1 amide bonds. The molecule has 1 aliphatic heterocycles. The number of hydrogen-bond donors (Lipinski definition) is 1. The van der Waals surface area contributed by atoms with Crippen LogP contribution in [0.4, 0.5) is 0 Å². The van der Waals surface area contributed by atoms with Crippen molar-refractivity contribution in [2.24, 2.45) is 0 Å². The predicted molar refractivity (Wildman–Crippen MR) is 122 cm³/mol. The third-order valence-corrected chi connectivity index (χ3v) is 7.85. The molecule has 2 aromatic carbocycles. The summed E-state index contributed by atoms with van der Waals surface area (Å²) in [5.41, 5.74) is 2.01. The number of sulfonamides is 1. The lowest BCUT2D eigenvalue weighted by molar-refractivity contribution is -0.121. The Labute approximate surface area is 183 Å². The lowest BCUT2D eigenvalue weighted by Gasteiger charge is -2.25. The number of carbonyl (C=O) groups excluding carboxylic acids is 1. The standard InChI is InChI=1S/C24H29N3O3S/c1-19(20-8-4-2-5-9-20)25-24(28)13-17-26-16-12-21-18-22(10-11-23(21)26)31(29,30)27-14-6-3-7-15-27/h2,4-5,8-12,16,18-19H,3,6-7,13-15,17H2,1H3,(H,25,28)/t19-/m1/s1. The third-order valence-electron chi connectivity index (χ3n) is 5.95. The third kappa shape index (κ3) is 4.83. The van der Waals surface area contributed by atoms with Crippen LogP contribution in [-0.4, -0.2) is 36.3 Å². The van der Waals surface area contributed by atoms with Crippen LogP contribution >= 0.6 is 0 Å². The van der Waals surface area contributed by atoms with Gasteiger partial charge in [-0.25, -0.2) is 8.42 Å². The Hall–Kier alpha value is -2.64. The van der Waals surface area contributed by atoms with Crippen molar-refractivity contribution < 1.29 is 13.2 Å². The number of piperidine rings is 1. The van der Waals surface area contributed by atoms with Crippen molar-refractivity contribution in [3.63, 3.8) is 0 Å². The Morgan fingerprint density at radius 3 is 2.52 bits per heavy atom. The van der Waals surface area contributed by atoms with E-state index in [0.717, 1.165) is 35.7 Å². The summed E-state index contributed by atoms with van der Waals surface area (Å²) < 4.78 is 29.5. The van der Waals surface area contributed by atoms with Gasteiger partial charge in [0.25, 0.3) is 0 Å². The van der Waals surface area contributed by atoms with E-state index in [0.29, 0.717) is 31.0 Å². The molecule has 0 saturated carbocycles. The number of nitrogens with zero attached hydrogens (tertiary/aromatic N) is 2. The highest BCUT2D eigenvalue weighted by Gasteiger charge is 2.26. The van der Waals surface area contributed by atoms with Crippen molar-refractivity contribution in [1.82, 2.24) is 14.2 Å². The van der Waals surface area contributed by atoms with E-state index in [1.54, 1.807) is 16.4 Å². The fraction of sp³-hybridized carbons (Fsp3) is 0.375. The maximum absolute atomic E-state index is 12.9. The summed E-state index contributed by atoms with van der Waals surface area (Å²) in [5.74, 6) is -0.0116. The molecule has 1 aliphatic rings. The van der Waals surface area contributed by atoms with E-state index in [-0.39, 0.29) is 11.9 Å². The lowest BCUT2D eigenvalue weighted by Crippen LogP contribution is -2.35. The van der Waals surface area contributed by atoms with Crippen molar-refractivity contribution in [3.8, 4) is 0 Å². The van der Waals surface area contributed by atoms with Crippen LogP contribution < -0.4 is 5.32 Å². The van der Waals surface area contributed by atoms with Crippen molar-refractivity contribution in [1.29, 1.82) is 0 Å². The highest BCUT2D eigenvalue weighted by Crippen LogP contribution is 2.25. The molecule has 31 heavy (non-hydrogen) atoms. The van der Waals surface area contributed by atoms with Crippen molar-refractivity contribution in [2.45, 2.75) is 50.1 Å². The second-order valence-electron chi connectivity index (χ2n) is 8.14. The van der Waals surface area contributed by atoms with E-state index in [2.05, 4.69) is 5.32 Å². The smallest absolute Gasteiger partial charge is 0.243 e. The van der Waals surface area contributed by atoms with Gasteiger partial charge in [-0.2, -0.15) is 4.31 Å². The van der Waals surface area contributed by atoms with E-state index in [1.165, 1.54) is 0 Å². The number of nitrogens with one attached hydrogen (secondary N) is 1. The van der Waals surface area contributed by atoms with Crippen LogP contribution in [0.2, 0.25) is 0 Å². The molecule has 0 bridgehead atoms. The number of hydrogen-bond acceptors (Lipinski definition) is 3. The number of rotatable bonds is 7. The highest BCUT2D eigenvalue weighted by molar-refractivity contribution is 7.89. The Morgan fingerprint density at radius 2 is 1.77 bits per heavy atom. The zero-order chi connectivity index (χ0) is 21.8. The SMILES string of the molecule is C[C@@H](NC(=O)CCn1ccc2cc(S(=O)(=O)N3CCCCC3)ccc21)c1ccccc1. The van der Waals surface area contributed by atoms with Crippen LogP contribution in [0.15, 0.2) is 65.7 Å². The van der Waals surface area contributed by atoms with Gasteiger partial charge < -0.3 is 9.88 Å². The fourth-order valence-corrected chi connectivity index (χ4v) is 5.70. The molecule has 1 saturated heterocycles. The number of amides is 1. The molecule has 1 N–H and O–H groups in total. The summed E-state index contributed by atoms with van der Waals surface area (Å²) in [6.07, 6.45) is 5.20. The van der Waals surface area contributed by atoms with E-state index < -0.39 is 10.0 Å². The maximum Gasteiger partial charge on any atom is 0.243 e. The number of aromatic nitrogens is 1. The minimum absolute atomic E-state index is 0.0116. The second kappa shape index (κ2) is 9.24. The van der Waals surface area contributed by atoms with Crippen LogP contribution in [0, 0.1) is 0 Å². The summed E-state index contributed by atoms with van der Waals surface area (Å²) in [6.45, 7) is 3.70. The van der Waals surface area contributed by atoms with Gasteiger partial charge in [0.15, 0.2) is 0 Å². The van der Waals surface area contributed by atoms with Gasteiger partial charge in [-0.3, -0.25) is 4.79 Å². The zero-order valence-corrected chi connectivity index (χ0v) is 18.6. The largest absolute Gasteiger partial charge is 0.350 e. The van der Waals surface area contributed by atoms with Gasteiger partial charge in [-0.1, -0.05) is 36.8 Å². The molecule has 6 nitrogen and oxygen atoms in total. The number of carbonyl (C=O) groups is 1. The Bertz CT molecular complexity index is 1150. The molecule has 7 heteroatoms. The van der Waals surface area contributed by atoms with Crippen LogP contribution in [0.5, 0.6) is 0 Å². The van der Waals surface area contributed by atoms with Gasteiger partial charge >= 0.3 is 0 Å². The van der Waals surface area contributed by atoms with Crippen LogP contribution in [0.1, 0.15) is 44.2 Å². The molecule has 3 aromatic rings. The molecular weight excluding hydrogens is 410 g/mol. The minimum Gasteiger partial charge on any atom is -0.350 e. The molecule has 0 radical (unpaired) electrons. The van der Waals surface area contributed by atoms with Crippen LogP contribution in [0.25, 0.3) is 10.9 Å². The molecule has 164 valence electrons. The van der Waals surface area contributed by atoms with Crippen molar-refractivity contribution >= 4 is 26.8 Å².